The van der Waals surface area contributed by atoms with Crippen molar-refractivity contribution in [2.45, 2.75) is 32.7 Å². The number of hydrogen-bond acceptors (Lipinski definition) is 3. The van der Waals surface area contributed by atoms with Gasteiger partial charge in [-0.25, -0.2) is 0 Å². The summed E-state index contributed by atoms with van der Waals surface area (Å²) in [6.07, 6.45) is 4.20. The van der Waals surface area contributed by atoms with Crippen LogP contribution in [0.3, 0.4) is 0 Å². The highest BCUT2D eigenvalue weighted by Crippen LogP contribution is 2.23. The molecule has 1 unspecified atom stereocenters. The molecule has 1 N–H and O–H groups in total. The number of rotatable bonds is 6. The van der Waals surface area contributed by atoms with E-state index in [-0.39, 0.29) is 0 Å². The number of nitrogens with one attached hydrogen (secondary N) is 1. The fourth-order valence-electron chi connectivity index (χ4n) is 2.10. The molecule has 4 heteroatoms. The first kappa shape index (κ1) is 13.3. The zero-order valence-electron chi connectivity index (χ0n) is 11.3. The summed E-state index contributed by atoms with van der Waals surface area (Å²) in [7, 11) is 2.00. The van der Waals surface area contributed by atoms with Crippen LogP contribution in [0.25, 0.3) is 0 Å². The largest absolute Gasteiger partial charge is 0.310 e. The van der Waals surface area contributed by atoms with Crippen LogP contribution < -0.4 is 5.32 Å². The van der Waals surface area contributed by atoms with Gasteiger partial charge in [-0.1, -0.05) is 13.0 Å². The first-order valence-corrected chi connectivity index (χ1v) is 7.34. The average molecular weight is 263 g/mol. The Labute approximate surface area is 113 Å². The van der Waals surface area contributed by atoms with Gasteiger partial charge in [0.2, 0.25) is 0 Å². The predicted molar refractivity (Wildman–Crippen MR) is 77.0 cm³/mol. The molecule has 0 radical (unpaired) electrons. The van der Waals surface area contributed by atoms with Gasteiger partial charge in [-0.05, 0) is 31.3 Å². The number of aromatic nitrogens is 2. The van der Waals surface area contributed by atoms with Crippen molar-refractivity contribution >= 4 is 11.3 Å². The molecule has 0 aliphatic rings. The van der Waals surface area contributed by atoms with E-state index in [9.17, 15) is 0 Å². The van der Waals surface area contributed by atoms with E-state index in [1.54, 1.807) is 0 Å². The minimum atomic E-state index is 0.372. The third-order valence-electron chi connectivity index (χ3n) is 3.27. The van der Waals surface area contributed by atoms with Crippen molar-refractivity contribution in [1.29, 1.82) is 0 Å². The van der Waals surface area contributed by atoms with E-state index >= 15 is 0 Å². The van der Waals surface area contributed by atoms with Gasteiger partial charge in [0, 0.05) is 35.6 Å². The van der Waals surface area contributed by atoms with E-state index in [2.05, 4.69) is 41.8 Å². The summed E-state index contributed by atoms with van der Waals surface area (Å²) in [5.74, 6) is 0. The molecular weight excluding hydrogens is 242 g/mol. The summed E-state index contributed by atoms with van der Waals surface area (Å²) >= 11 is 1.82. The number of aryl methyl sites for hydroxylation is 1. The SMILES string of the molecule is CCCNC(Cc1cccs1)c1cnn(C)c1C. The van der Waals surface area contributed by atoms with Gasteiger partial charge in [-0.3, -0.25) is 4.68 Å². The van der Waals surface area contributed by atoms with E-state index in [0.29, 0.717) is 6.04 Å². The van der Waals surface area contributed by atoms with E-state index in [1.165, 1.54) is 16.1 Å². The molecule has 0 aliphatic heterocycles. The normalized spacial score (nSPS) is 12.8. The summed E-state index contributed by atoms with van der Waals surface area (Å²) in [5.41, 5.74) is 2.57. The summed E-state index contributed by atoms with van der Waals surface area (Å²) in [6.45, 7) is 5.38. The van der Waals surface area contributed by atoms with Gasteiger partial charge in [0.25, 0.3) is 0 Å². The van der Waals surface area contributed by atoms with Crippen LogP contribution in [-0.4, -0.2) is 16.3 Å². The minimum absolute atomic E-state index is 0.372. The van der Waals surface area contributed by atoms with E-state index in [1.807, 2.05) is 29.3 Å². The number of nitrogens with zero attached hydrogens (tertiary/aromatic N) is 2. The lowest BCUT2D eigenvalue weighted by Gasteiger charge is -2.17. The third-order valence-corrected chi connectivity index (χ3v) is 4.17. The third kappa shape index (κ3) is 3.00. The van der Waals surface area contributed by atoms with E-state index < -0.39 is 0 Å². The summed E-state index contributed by atoms with van der Waals surface area (Å²) in [6, 6.07) is 4.70. The zero-order valence-corrected chi connectivity index (χ0v) is 12.1. The second-order valence-corrected chi connectivity index (χ2v) is 5.63. The standard InChI is InChI=1S/C14H21N3S/c1-4-7-15-14(9-12-6-5-8-18-12)13-10-16-17(3)11(13)2/h5-6,8,10,14-15H,4,7,9H2,1-3H3. The number of hydrogen-bond donors (Lipinski definition) is 1. The lowest BCUT2D eigenvalue weighted by molar-refractivity contribution is 0.529. The molecule has 3 nitrogen and oxygen atoms in total. The van der Waals surface area contributed by atoms with Crippen molar-refractivity contribution < 1.29 is 0 Å². The van der Waals surface area contributed by atoms with Crippen molar-refractivity contribution in [2.24, 2.45) is 7.05 Å². The molecule has 2 aromatic heterocycles. The molecule has 2 heterocycles. The first-order valence-electron chi connectivity index (χ1n) is 6.46. The maximum Gasteiger partial charge on any atom is 0.0540 e. The Morgan fingerprint density at radius 1 is 1.50 bits per heavy atom. The first-order chi connectivity index (χ1) is 8.72. The van der Waals surface area contributed by atoms with Gasteiger partial charge in [0.05, 0.1) is 6.20 Å². The smallest absolute Gasteiger partial charge is 0.0540 e. The molecule has 2 rings (SSSR count). The van der Waals surface area contributed by atoms with Crippen LogP contribution in [-0.2, 0) is 13.5 Å². The summed E-state index contributed by atoms with van der Waals surface area (Å²) < 4.78 is 1.95. The maximum atomic E-state index is 4.35. The van der Waals surface area contributed by atoms with Gasteiger partial charge >= 0.3 is 0 Å². The monoisotopic (exact) mass is 263 g/mol. The molecule has 18 heavy (non-hydrogen) atoms. The molecule has 0 amide bonds. The summed E-state index contributed by atoms with van der Waals surface area (Å²) in [4.78, 5) is 1.42. The molecular formula is C14H21N3S. The molecule has 0 saturated carbocycles. The number of thiophene rings is 1. The van der Waals surface area contributed by atoms with Crippen molar-refractivity contribution in [1.82, 2.24) is 15.1 Å². The lowest BCUT2D eigenvalue weighted by atomic mass is 10.0. The molecule has 0 bridgehead atoms. The molecule has 0 fully saturated rings. The van der Waals surface area contributed by atoms with Crippen LogP contribution in [0.2, 0.25) is 0 Å². The highest BCUT2D eigenvalue weighted by atomic mass is 32.1. The van der Waals surface area contributed by atoms with Crippen LogP contribution in [0.1, 0.15) is 35.5 Å². The Kier molecular flexibility index (Phi) is 4.55. The molecule has 0 aromatic carbocycles. The Bertz CT molecular complexity index is 473. The van der Waals surface area contributed by atoms with E-state index in [0.717, 1.165) is 19.4 Å². The van der Waals surface area contributed by atoms with Gasteiger partial charge in [-0.15, -0.1) is 11.3 Å². The van der Waals surface area contributed by atoms with Crippen LogP contribution >= 0.6 is 11.3 Å². The Morgan fingerprint density at radius 2 is 2.33 bits per heavy atom. The Hall–Kier alpha value is -1.13. The molecule has 0 aliphatic carbocycles. The topological polar surface area (TPSA) is 29.9 Å². The highest BCUT2D eigenvalue weighted by molar-refractivity contribution is 7.09. The molecule has 2 aromatic rings. The Morgan fingerprint density at radius 3 is 2.89 bits per heavy atom. The van der Waals surface area contributed by atoms with Gasteiger partial charge in [-0.2, -0.15) is 5.10 Å². The lowest BCUT2D eigenvalue weighted by Crippen LogP contribution is -2.24. The Balaban J connectivity index is 2.16. The van der Waals surface area contributed by atoms with Crippen LogP contribution in [0.15, 0.2) is 23.7 Å². The van der Waals surface area contributed by atoms with Gasteiger partial charge in [0.15, 0.2) is 0 Å². The second kappa shape index (κ2) is 6.16. The fraction of sp³-hybridized carbons (Fsp3) is 0.500. The van der Waals surface area contributed by atoms with Crippen LogP contribution in [0, 0.1) is 6.92 Å². The van der Waals surface area contributed by atoms with Crippen molar-refractivity contribution in [3.05, 3.63) is 39.8 Å². The highest BCUT2D eigenvalue weighted by Gasteiger charge is 2.16. The molecule has 98 valence electrons. The second-order valence-electron chi connectivity index (χ2n) is 4.60. The average Bonchev–Trinajstić information content (AvgIpc) is 2.97. The maximum absolute atomic E-state index is 4.35. The van der Waals surface area contributed by atoms with Crippen molar-refractivity contribution in [2.75, 3.05) is 6.54 Å². The molecule has 1 atom stereocenters. The van der Waals surface area contributed by atoms with Crippen molar-refractivity contribution in [3.63, 3.8) is 0 Å². The molecule has 0 saturated heterocycles. The van der Waals surface area contributed by atoms with Gasteiger partial charge < -0.3 is 5.32 Å². The quantitative estimate of drug-likeness (QED) is 0.868. The predicted octanol–water partition coefficient (Wildman–Crippen LogP) is 3.07. The minimum Gasteiger partial charge on any atom is -0.310 e. The van der Waals surface area contributed by atoms with Gasteiger partial charge in [0.1, 0.15) is 0 Å². The summed E-state index contributed by atoms with van der Waals surface area (Å²) in [5, 5.41) is 10.1. The zero-order chi connectivity index (χ0) is 13.0. The van der Waals surface area contributed by atoms with Crippen LogP contribution in [0.4, 0.5) is 0 Å². The van der Waals surface area contributed by atoms with Crippen LogP contribution in [0.5, 0.6) is 0 Å². The fourth-order valence-corrected chi connectivity index (χ4v) is 2.85. The van der Waals surface area contributed by atoms with E-state index in [4.69, 9.17) is 0 Å². The van der Waals surface area contributed by atoms with Crippen molar-refractivity contribution in [3.8, 4) is 0 Å². The molecule has 0 spiro atoms.